The fraction of sp³-hybridized carbons (Fsp3) is 0.400. The van der Waals surface area contributed by atoms with Gasteiger partial charge >= 0.3 is 0 Å². The van der Waals surface area contributed by atoms with Crippen LogP contribution in [0.5, 0.6) is 0 Å². The van der Waals surface area contributed by atoms with Gasteiger partial charge in [-0.3, -0.25) is 0 Å². The number of fused-ring (bicyclic) bond motifs is 1. The molecule has 1 aliphatic rings. The van der Waals surface area contributed by atoms with E-state index in [-0.39, 0.29) is 6.04 Å². The number of benzene rings is 1. The number of hydrogen-bond donors (Lipinski definition) is 1. The maximum Gasteiger partial charge on any atom is 0.0325 e. The Morgan fingerprint density at radius 2 is 2.38 bits per heavy atom. The highest BCUT2D eigenvalue weighted by Crippen LogP contribution is 2.39. The number of hydrogen-bond acceptors (Lipinski definition) is 3. The molecule has 70 valence electrons. The average molecular weight is 211 g/mol. The van der Waals surface area contributed by atoms with Gasteiger partial charge in [-0.2, -0.15) is 0 Å². The molecular formula is C10H13NS2. The molecule has 13 heavy (non-hydrogen) atoms. The molecule has 0 fully saturated rings. The lowest BCUT2D eigenvalue weighted by Crippen LogP contribution is -2.16. The lowest BCUT2D eigenvalue weighted by Gasteiger charge is -2.23. The molecule has 2 N–H and O–H groups in total. The highest BCUT2D eigenvalue weighted by molar-refractivity contribution is 8.00. The van der Waals surface area contributed by atoms with Crippen molar-refractivity contribution in [3.63, 3.8) is 0 Å². The van der Waals surface area contributed by atoms with Crippen molar-refractivity contribution in [1.82, 2.24) is 0 Å². The summed E-state index contributed by atoms with van der Waals surface area (Å²) in [6, 6.07) is 6.71. The fourth-order valence-corrected chi connectivity index (χ4v) is 3.58. The summed E-state index contributed by atoms with van der Waals surface area (Å²) in [5, 5.41) is 0. The minimum atomic E-state index is 0.250. The quantitative estimate of drug-likeness (QED) is 0.723. The Hall–Kier alpha value is -0.120. The first-order valence-corrected chi connectivity index (χ1v) is 6.59. The smallest absolute Gasteiger partial charge is 0.0325 e. The molecule has 0 amide bonds. The van der Waals surface area contributed by atoms with Gasteiger partial charge in [0.15, 0.2) is 0 Å². The Balaban J connectivity index is 2.50. The first-order valence-electron chi connectivity index (χ1n) is 4.38. The zero-order valence-corrected chi connectivity index (χ0v) is 9.25. The van der Waals surface area contributed by atoms with Gasteiger partial charge in [0, 0.05) is 15.8 Å². The normalized spacial score (nSPS) is 21.2. The van der Waals surface area contributed by atoms with E-state index in [4.69, 9.17) is 5.73 Å². The Morgan fingerprint density at radius 1 is 1.54 bits per heavy atom. The van der Waals surface area contributed by atoms with Crippen LogP contribution in [0.15, 0.2) is 28.0 Å². The van der Waals surface area contributed by atoms with Gasteiger partial charge in [-0.25, -0.2) is 0 Å². The van der Waals surface area contributed by atoms with Gasteiger partial charge in [-0.05, 0) is 36.1 Å². The zero-order chi connectivity index (χ0) is 9.26. The summed E-state index contributed by atoms with van der Waals surface area (Å²) in [6.07, 6.45) is 3.22. The van der Waals surface area contributed by atoms with Gasteiger partial charge in [0.2, 0.25) is 0 Å². The molecule has 0 spiro atoms. The zero-order valence-electron chi connectivity index (χ0n) is 7.62. The van der Waals surface area contributed by atoms with Crippen LogP contribution in [0.4, 0.5) is 0 Å². The largest absolute Gasteiger partial charge is 0.324 e. The highest BCUT2D eigenvalue weighted by atomic mass is 32.2. The third kappa shape index (κ3) is 1.73. The van der Waals surface area contributed by atoms with Gasteiger partial charge in [0.25, 0.3) is 0 Å². The van der Waals surface area contributed by atoms with Gasteiger partial charge in [-0.15, -0.1) is 23.5 Å². The van der Waals surface area contributed by atoms with E-state index in [1.54, 1.807) is 11.8 Å². The Kier molecular flexibility index (Phi) is 2.86. The minimum absolute atomic E-state index is 0.250. The predicted molar refractivity (Wildman–Crippen MR) is 60.5 cm³/mol. The van der Waals surface area contributed by atoms with E-state index in [1.165, 1.54) is 15.4 Å². The standard InChI is InChI=1S/C10H13NS2/c1-12-8-3-2-4-9-10(8)7(11)5-6-13-9/h2-4,7H,5-6,11H2,1H3/t7-/m1/s1. The van der Waals surface area contributed by atoms with Crippen molar-refractivity contribution < 1.29 is 0 Å². The van der Waals surface area contributed by atoms with Crippen LogP contribution in [0.25, 0.3) is 0 Å². The SMILES string of the molecule is CSc1cccc2c1[C@H](N)CCS2. The van der Waals surface area contributed by atoms with E-state index in [0.29, 0.717) is 0 Å². The van der Waals surface area contributed by atoms with Crippen LogP contribution >= 0.6 is 23.5 Å². The summed E-state index contributed by atoms with van der Waals surface area (Å²) in [5.74, 6) is 1.16. The molecule has 1 nitrogen and oxygen atoms in total. The summed E-state index contributed by atoms with van der Waals surface area (Å²) in [4.78, 5) is 2.72. The molecule has 1 atom stereocenters. The van der Waals surface area contributed by atoms with Crippen LogP contribution in [0.1, 0.15) is 18.0 Å². The van der Waals surface area contributed by atoms with E-state index < -0.39 is 0 Å². The third-order valence-corrected chi connectivity index (χ3v) is 4.21. The van der Waals surface area contributed by atoms with E-state index in [1.807, 2.05) is 11.8 Å². The maximum atomic E-state index is 6.10. The molecule has 0 unspecified atom stereocenters. The number of rotatable bonds is 1. The maximum absolute atomic E-state index is 6.10. The molecule has 0 radical (unpaired) electrons. The van der Waals surface area contributed by atoms with Gasteiger partial charge < -0.3 is 5.73 Å². The van der Waals surface area contributed by atoms with Crippen LogP contribution < -0.4 is 5.73 Å². The molecule has 1 heterocycles. The molecule has 1 aliphatic heterocycles. The van der Waals surface area contributed by atoms with Crippen molar-refractivity contribution in [2.75, 3.05) is 12.0 Å². The van der Waals surface area contributed by atoms with Crippen LogP contribution in [0, 0.1) is 0 Å². The lowest BCUT2D eigenvalue weighted by atomic mass is 10.1. The summed E-state index contributed by atoms with van der Waals surface area (Å²) < 4.78 is 0. The van der Waals surface area contributed by atoms with Crippen molar-refractivity contribution in [3.8, 4) is 0 Å². The topological polar surface area (TPSA) is 26.0 Å². The molecule has 0 bridgehead atoms. The highest BCUT2D eigenvalue weighted by Gasteiger charge is 2.19. The molecule has 0 aromatic heterocycles. The van der Waals surface area contributed by atoms with Crippen molar-refractivity contribution in [3.05, 3.63) is 23.8 Å². The number of nitrogens with two attached hydrogens (primary N) is 1. The molecule has 1 aromatic rings. The van der Waals surface area contributed by atoms with E-state index in [0.717, 1.165) is 12.2 Å². The monoisotopic (exact) mass is 211 g/mol. The number of thioether (sulfide) groups is 2. The lowest BCUT2D eigenvalue weighted by molar-refractivity contribution is 0.665. The molecule has 1 aromatic carbocycles. The van der Waals surface area contributed by atoms with Gasteiger partial charge in [0.05, 0.1) is 0 Å². The fourth-order valence-electron chi connectivity index (χ4n) is 1.63. The molecule has 3 heteroatoms. The van der Waals surface area contributed by atoms with Crippen molar-refractivity contribution in [2.45, 2.75) is 22.3 Å². The molecule has 0 saturated heterocycles. The Labute approximate surface area is 87.5 Å². The molecular weight excluding hydrogens is 198 g/mol. The van der Waals surface area contributed by atoms with Crippen molar-refractivity contribution in [1.29, 1.82) is 0 Å². The second-order valence-corrected chi connectivity index (χ2v) is 5.10. The van der Waals surface area contributed by atoms with E-state index in [9.17, 15) is 0 Å². The summed E-state index contributed by atoms with van der Waals surface area (Å²) in [7, 11) is 0. The summed E-state index contributed by atoms with van der Waals surface area (Å²) >= 11 is 3.72. The second kappa shape index (κ2) is 3.95. The molecule has 0 saturated carbocycles. The minimum Gasteiger partial charge on any atom is -0.324 e. The summed E-state index contributed by atoms with van der Waals surface area (Å²) in [5.41, 5.74) is 7.46. The average Bonchev–Trinajstić information content (AvgIpc) is 2.17. The summed E-state index contributed by atoms with van der Waals surface area (Å²) in [6.45, 7) is 0. The molecule has 0 aliphatic carbocycles. The first-order chi connectivity index (χ1) is 6.33. The van der Waals surface area contributed by atoms with Crippen molar-refractivity contribution in [2.24, 2.45) is 5.73 Å². The van der Waals surface area contributed by atoms with Gasteiger partial charge in [0.1, 0.15) is 0 Å². The Bertz CT molecular complexity index is 298. The van der Waals surface area contributed by atoms with Crippen LogP contribution in [-0.2, 0) is 0 Å². The van der Waals surface area contributed by atoms with E-state index in [2.05, 4.69) is 24.5 Å². The second-order valence-electron chi connectivity index (χ2n) is 3.12. The third-order valence-electron chi connectivity index (χ3n) is 2.30. The van der Waals surface area contributed by atoms with Crippen LogP contribution in [0.3, 0.4) is 0 Å². The predicted octanol–water partition coefficient (Wildman–Crippen LogP) is 2.90. The first kappa shape index (κ1) is 9.44. The van der Waals surface area contributed by atoms with Crippen LogP contribution in [-0.4, -0.2) is 12.0 Å². The van der Waals surface area contributed by atoms with Crippen molar-refractivity contribution >= 4 is 23.5 Å². The van der Waals surface area contributed by atoms with E-state index >= 15 is 0 Å². The van der Waals surface area contributed by atoms with Gasteiger partial charge in [-0.1, -0.05) is 6.07 Å². The Morgan fingerprint density at radius 3 is 3.15 bits per heavy atom. The van der Waals surface area contributed by atoms with Crippen LogP contribution in [0.2, 0.25) is 0 Å². The molecule has 2 rings (SSSR count).